The van der Waals surface area contributed by atoms with Crippen molar-refractivity contribution in [1.29, 1.82) is 0 Å². The van der Waals surface area contributed by atoms with Gasteiger partial charge < -0.3 is 5.32 Å². The monoisotopic (exact) mass is 332 g/mol. The molecule has 1 aromatic carbocycles. The first-order valence-electron chi connectivity index (χ1n) is 5.40. The minimum atomic E-state index is -3.68. The summed E-state index contributed by atoms with van der Waals surface area (Å²) in [5.74, 6) is 0. The van der Waals surface area contributed by atoms with Gasteiger partial charge in [-0.1, -0.05) is 35.3 Å². The number of anilines is 1. The van der Waals surface area contributed by atoms with Crippen LogP contribution in [-0.2, 0) is 16.6 Å². The molecule has 3 N–H and O–H groups in total. The molecular weight excluding hydrogens is 323 g/mol. The summed E-state index contributed by atoms with van der Waals surface area (Å²) in [5.41, 5.74) is 1.39. The van der Waals surface area contributed by atoms with Crippen LogP contribution in [0.15, 0.2) is 35.2 Å². The maximum atomic E-state index is 11.1. The molecule has 0 atom stereocenters. The zero-order chi connectivity index (χ0) is 14.8. The topological polar surface area (TPSA) is 98.0 Å². The molecule has 1 heterocycles. The molecule has 0 aliphatic heterocycles. The van der Waals surface area contributed by atoms with Gasteiger partial charge in [0.15, 0.2) is 10.3 Å². The summed E-state index contributed by atoms with van der Waals surface area (Å²) in [6, 6.07) is 7.72. The summed E-state index contributed by atoms with van der Waals surface area (Å²) in [4.78, 5) is 0.0629. The van der Waals surface area contributed by atoms with E-state index < -0.39 is 10.0 Å². The number of aromatic nitrogens is 2. The van der Waals surface area contributed by atoms with E-state index in [2.05, 4.69) is 15.5 Å². The molecule has 0 aliphatic carbocycles. The number of sulfonamides is 1. The second-order valence-electron chi connectivity index (χ2n) is 3.91. The Bertz CT molecular complexity index is 720. The lowest BCUT2D eigenvalue weighted by Gasteiger charge is -2.08. The van der Waals surface area contributed by atoms with Crippen LogP contribution in [0.4, 0.5) is 5.69 Å². The highest BCUT2D eigenvalue weighted by Gasteiger charge is 2.07. The summed E-state index contributed by atoms with van der Waals surface area (Å²) in [5, 5.41) is 15.7. The Morgan fingerprint density at radius 3 is 2.40 bits per heavy atom. The van der Waals surface area contributed by atoms with Gasteiger partial charge in [0.2, 0.25) is 10.0 Å². The fourth-order valence-electron chi connectivity index (χ4n) is 1.47. The summed E-state index contributed by atoms with van der Waals surface area (Å²) in [6.45, 7) is 0.423. The molecule has 0 spiro atoms. The molecule has 0 saturated carbocycles. The van der Waals surface area contributed by atoms with Crippen LogP contribution < -0.4 is 10.5 Å². The van der Waals surface area contributed by atoms with Gasteiger partial charge >= 0.3 is 0 Å². The highest BCUT2D eigenvalue weighted by molar-refractivity contribution is 7.89. The van der Waals surface area contributed by atoms with Crippen LogP contribution in [-0.4, -0.2) is 18.6 Å². The average molecular weight is 333 g/mol. The van der Waals surface area contributed by atoms with E-state index in [-0.39, 0.29) is 15.2 Å². The van der Waals surface area contributed by atoms with Crippen LogP contribution in [0, 0.1) is 0 Å². The minimum Gasteiger partial charge on any atom is -0.378 e. The first kappa shape index (κ1) is 15.0. The highest BCUT2D eigenvalue weighted by Crippen LogP contribution is 2.21. The quantitative estimate of drug-likeness (QED) is 0.892. The van der Waals surface area contributed by atoms with Crippen molar-refractivity contribution in [2.75, 3.05) is 5.32 Å². The van der Waals surface area contributed by atoms with Crippen molar-refractivity contribution in [3.63, 3.8) is 0 Å². The average Bonchev–Trinajstić information content (AvgIpc) is 2.39. The number of nitrogens with two attached hydrogens (primary N) is 1. The number of nitrogens with zero attached hydrogens (tertiary/aromatic N) is 2. The predicted octanol–water partition coefficient (Wildman–Crippen LogP) is 2.04. The Hall–Kier alpha value is -1.41. The third-order valence-corrected chi connectivity index (χ3v) is 3.85. The van der Waals surface area contributed by atoms with Gasteiger partial charge in [0.1, 0.15) is 0 Å². The Morgan fingerprint density at radius 2 is 1.80 bits per heavy atom. The number of hydrogen-bond acceptors (Lipinski definition) is 5. The van der Waals surface area contributed by atoms with Crippen molar-refractivity contribution in [1.82, 2.24) is 10.2 Å². The van der Waals surface area contributed by atoms with Crippen LogP contribution in [0.25, 0.3) is 0 Å². The van der Waals surface area contributed by atoms with Gasteiger partial charge in [0.05, 0.1) is 10.6 Å². The molecule has 20 heavy (non-hydrogen) atoms. The van der Waals surface area contributed by atoms with Gasteiger partial charge in [0.25, 0.3) is 0 Å². The van der Waals surface area contributed by atoms with Gasteiger partial charge in [-0.2, -0.15) is 0 Å². The van der Waals surface area contributed by atoms with E-state index in [1.807, 2.05) is 0 Å². The zero-order valence-electron chi connectivity index (χ0n) is 10.0. The van der Waals surface area contributed by atoms with Gasteiger partial charge in [-0.3, -0.25) is 0 Å². The van der Waals surface area contributed by atoms with Gasteiger partial charge in [-0.05, 0) is 17.7 Å². The number of hydrogen-bond donors (Lipinski definition) is 2. The third kappa shape index (κ3) is 3.80. The van der Waals surface area contributed by atoms with Crippen molar-refractivity contribution >= 4 is 38.9 Å². The Balaban J connectivity index is 2.10. The van der Waals surface area contributed by atoms with E-state index in [9.17, 15) is 8.42 Å². The molecule has 9 heteroatoms. The van der Waals surface area contributed by atoms with E-state index in [1.165, 1.54) is 12.1 Å². The fourth-order valence-corrected chi connectivity index (χ4v) is 2.29. The second kappa shape index (κ2) is 5.92. The summed E-state index contributed by atoms with van der Waals surface area (Å²) in [7, 11) is -3.68. The summed E-state index contributed by atoms with van der Waals surface area (Å²) < 4.78 is 22.2. The maximum Gasteiger partial charge on any atom is 0.238 e. The van der Waals surface area contributed by atoms with Crippen LogP contribution in [0.3, 0.4) is 0 Å². The fraction of sp³-hybridized carbons (Fsp3) is 0.0909. The van der Waals surface area contributed by atoms with Crippen LogP contribution in [0.2, 0.25) is 10.3 Å². The SMILES string of the molecule is NS(=O)(=O)c1ccc(CNc2cc(Cl)nnc2Cl)cc1. The molecule has 0 radical (unpaired) electrons. The maximum absolute atomic E-state index is 11.1. The van der Waals surface area contributed by atoms with Crippen molar-refractivity contribution in [3.05, 3.63) is 46.2 Å². The first-order chi connectivity index (χ1) is 9.36. The molecule has 0 aliphatic rings. The Kier molecular flexibility index (Phi) is 4.44. The van der Waals surface area contributed by atoms with E-state index in [0.29, 0.717) is 12.2 Å². The van der Waals surface area contributed by atoms with E-state index >= 15 is 0 Å². The number of halogens is 2. The predicted molar refractivity (Wildman–Crippen MR) is 77.2 cm³/mol. The number of nitrogens with one attached hydrogen (secondary N) is 1. The van der Waals surface area contributed by atoms with Crippen molar-refractivity contribution in [2.45, 2.75) is 11.4 Å². The van der Waals surface area contributed by atoms with Crippen LogP contribution in [0.5, 0.6) is 0 Å². The molecule has 2 rings (SSSR count). The van der Waals surface area contributed by atoms with E-state index in [1.54, 1.807) is 18.2 Å². The van der Waals surface area contributed by atoms with Crippen molar-refractivity contribution < 1.29 is 8.42 Å². The lowest BCUT2D eigenvalue weighted by molar-refractivity contribution is 0.598. The molecule has 0 saturated heterocycles. The number of benzene rings is 1. The van der Waals surface area contributed by atoms with E-state index in [4.69, 9.17) is 28.3 Å². The van der Waals surface area contributed by atoms with Crippen LogP contribution >= 0.6 is 23.2 Å². The zero-order valence-corrected chi connectivity index (χ0v) is 12.4. The molecular formula is C11H10Cl2N4O2S. The highest BCUT2D eigenvalue weighted by atomic mass is 35.5. The largest absolute Gasteiger partial charge is 0.378 e. The molecule has 6 nitrogen and oxygen atoms in total. The molecule has 0 bridgehead atoms. The molecule has 2 aromatic rings. The molecule has 0 amide bonds. The normalized spacial score (nSPS) is 11.3. The van der Waals surface area contributed by atoms with Gasteiger partial charge in [0, 0.05) is 12.6 Å². The van der Waals surface area contributed by atoms with Crippen molar-refractivity contribution in [2.24, 2.45) is 5.14 Å². The van der Waals surface area contributed by atoms with Crippen LogP contribution in [0.1, 0.15) is 5.56 Å². The Labute approximate surface area is 126 Å². The molecule has 106 valence electrons. The first-order valence-corrected chi connectivity index (χ1v) is 7.71. The third-order valence-electron chi connectivity index (χ3n) is 2.45. The lowest BCUT2D eigenvalue weighted by atomic mass is 10.2. The molecule has 1 aromatic heterocycles. The second-order valence-corrected chi connectivity index (χ2v) is 6.22. The summed E-state index contributed by atoms with van der Waals surface area (Å²) in [6.07, 6.45) is 0. The van der Waals surface area contributed by atoms with Crippen molar-refractivity contribution in [3.8, 4) is 0 Å². The standard InChI is InChI=1S/C11H10Cl2N4O2S/c12-10-5-9(11(13)17-16-10)15-6-7-1-3-8(4-2-7)20(14,18)19/h1-5H,6H2,(H,15,16)(H2,14,18,19). The molecule has 0 unspecified atom stereocenters. The molecule has 0 fully saturated rings. The van der Waals surface area contributed by atoms with Gasteiger partial charge in [-0.25, -0.2) is 13.6 Å². The number of primary sulfonamides is 1. The minimum absolute atomic E-state index is 0.0629. The van der Waals surface area contributed by atoms with Gasteiger partial charge in [-0.15, -0.1) is 10.2 Å². The summed E-state index contributed by atoms with van der Waals surface area (Å²) >= 11 is 11.6. The van der Waals surface area contributed by atoms with E-state index in [0.717, 1.165) is 5.56 Å². The smallest absolute Gasteiger partial charge is 0.238 e. The Morgan fingerprint density at radius 1 is 1.15 bits per heavy atom. The lowest BCUT2D eigenvalue weighted by Crippen LogP contribution is -2.12. The number of rotatable bonds is 4.